The molecule has 0 saturated heterocycles. The van der Waals surface area contributed by atoms with E-state index in [0.29, 0.717) is 24.7 Å². The molecule has 1 fully saturated rings. The number of nitrogens with zero attached hydrogens (tertiary/aromatic N) is 1. The Hall–Kier alpha value is -1.42. The Morgan fingerprint density at radius 2 is 2.17 bits per heavy atom. The molecule has 1 aliphatic heterocycles. The van der Waals surface area contributed by atoms with E-state index in [1.165, 1.54) is 12.8 Å². The largest absolute Gasteiger partial charge is 0.478 e. The van der Waals surface area contributed by atoms with E-state index in [1.54, 1.807) is 6.07 Å². The average Bonchev–Trinajstić information content (AvgIpc) is 2.91. The molecule has 4 heteroatoms. The van der Waals surface area contributed by atoms with Crippen molar-refractivity contribution in [1.29, 1.82) is 0 Å². The Kier molecular flexibility index (Phi) is 3.04. The Labute approximate surface area is 106 Å². The fourth-order valence-electron chi connectivity index (χ4n) is 2.98. The summed E-state index contributed by atoms with van der Waals surface area (Å²) in [5.41, 5.74) is 3.07. The molecule has 1 aliphatic carbocycles. The standard InChI is InChI=1S/C14H17NO3/c16-14(17)10-7-13(9-3-1-2-4-9)15-12-5-6-18-8-11(10)12/h7,9H,1-6,8H2,(H,16,17). The van der Waals surface area contributed by atoms with Gasteiger partial charge in [-0.2, -0.15) is 0 Å². The normalized spacial score (nSPS) is 19.8. The quantitative estimate of drug-likeness (QED) is 0.872. The van der Waals surface area contributed by atoms with E-state index in [-0.39, 0.29) is 0 Å². The van der Waals surface area contributed by atoms with Crippen LogP contribution < -0.4 is 0 Å². The predicted octanol–water partition coefficient (Wildman–Crippen LogP) is 2.51. The third-order valence-corrected chi connectivity index (χ3v) is 3.96. The molecule has 3 rings (SSSR count). The van der Waals surface area contributed by atoms with Crippen LogP contribution in [0.15, 0.2) is 6.07 Å². The van der Waals surface area contributed by atoms with Crippen molar-refractivity contribution in [3.8, 4) is 0 Å². The maximum atomic E-state index is 11.4. The van der Waals surface area contributed by atoms with Crippen molar-refractivity contribution in [2.24, 2.45) is 0 Å². The summed E-state index contributed by atoms with van der Waals surface area (Å²) < 4.78 is 5.35. The maximum Gasteiger partial charge on any atom is 0.336 e. The number of carboxylic acid groups (broad SMARTS) is 1. The van der Waals surface area contributed by atoms with Gasteiger partial charge in [0.25, 0.3) is 0 Å². The first-order valence-electron chi connectivity index (χ1n) is 6.59. The average molecular weight is 247 g/mol. The number of hydrogen-bond acceptors (Lipinski definition) is 3. The lowest BCUT2D eigenvalue weighted by Gasteiger charge is -2.20. The molecule has 0 bridgehead atoms. The topological polar surface area (TPSA) is 59.4 Å². The van der Waals surface area contributed by atoms with E-state index < -0.39 is 5.97 Å². The van der Waals surface area contributed by atoms with Crippen LogP contribution in [0.4, 0.5) is 0 Å². The number of ether oxygens (including phenoxy) is 1. The molecule has 1 aromatic rings. The SMILES string of the molecule is O=C(O)c1cc(C2CCCC2)nc2c1COCC2. The van der Waals surface area contributed by atoms with Crippen LogP contribution in [0.2, 0.25) is 0 Å². The van der Waals surface area contributed by atoms with Crippen LogP contribution in [0.3, 0.4) is 0 Å². The van der Waals surface area contributed by atoms with Gasteiger partial charge in [0.15, 0.2) is 0 Å². The van der Waals surface area contributed by atoms with Gasteiger partial charge in [-0.25, -0.2) is 4.79 Å². The molecule has 0 radical (unpaired) electrons. The van der Waals surface area contributed by atoms with Crippen LogP contribution in [-0.4, -0.2) is 22.7 Å². The van der Waals surface area contributed by atoms with Crippen LogP contribution >= 0.6 is 0 Å². The van der Waals surface area contributed by atoms with Gasteiger partial charge in [-0.05, 0) is 18.9 Å². The Balaban J connectivity index is 2.05. The zero-order valence-corrected chi connectivity index (χ0v) is 10.3. The lowest BCUT2D eigenvalue weighted by molar-refractivity contribution is 0.0680. The highest BCUT2D eigenvalue weighted by Gasteiger charge is 2.25. The van der Waals surface area contributed by atoms with Crippen molar-refractivity contribution in [3.63, 3.8) is 0 Å². The number of hydrogen-bond donors (Lipinski definition) is 1. The lowest BCUT2D eigenvalue weighted by atomic mass is 9.96. The van der Waals surface area contributed by atoms with E-state index in [4.69, 9.17) is 9.72 Å². The molecule has 96 valence electrons. The predicted molar refractivity (Wildman–Crippen MR) is 65.8 cm³/mol. The molecule has 18 heavy (non-hydrogen) atoms. The molecule has 2 aliphatic rings. The Morgan fingerprint density at radius 3 is 2.89 bits per heavy atom. The first-order chi connectivity index (χ1) is 8.75. The summed E-state index contributed by atoms with van der Waals surface area (Å²) in [6, 6.07) is 1.77. The van der Waals surface area contributed by atoms with Crippen molar-refractivity contribution >= 4 is 5.97 Å². The van der Waals surface area contributed by atoms with Gasteiger partial charge in [-0.3, -0.25) is 4.98 Å². The highest BCUT2D eigenvalue weighted by atomic mass is 16.5. The van der Waals surface area contributed by atoms with Gasteiger partial charge in [0.05, 0.1) is 18.8 Å². The second kappa shape index (κ2) is 4.69. The van der Waals surface area contributed by atoms with Gasteiger partial charge in [0.1, 0.15) is 0 Å². The summed E-state index contributed by atoms with van der Waals surface area (Å²) in [4.78, 5) is 16.1. The van der Waals surface area contributed by atoms with E-state index in [1.807, 2.05) is 0 Å². The van der Waals surface area contributed by atoms with Crippen LogP contribution in [0.25, 0.3) is 0 Å². The lowest BCUT2D eigenvalue weighted by Crippen LogP contribution is -2.18. The van der Waals surface area contributed by atoms with E-state index >= 15 is 0 Å². The molecule has 1 aromatic heterocycles. The molecule has 0 unspecified atom stereocenters. The summed E-state index contributed by atoms with van der Waals surface area (Å²) in [6.45, 7) is 1.03. The highest BCUT2D eigenvalue weighted by Crippen LogP contribution is 2.34. The number of fused-ring (bicyclic) bond motifs is 1. The molecule has 4 nitrogen and oxygen atoms in total. The van der Waals surface area contributed by atoms with Crippen molar-refractivity contribution in [1.82, 2.24) is 4.98 Å². The second-order valence-electron chi connectivity index (χ2n) is 5.11. The van der Waals surface area contributed by atoms with Gasteiger partial charge < -0.3 is 9.84 Å². The summed E-state index contributed by atoms with van der Waals surface area (Å²) in [5, 5.41) is 9.32. The first kappa shape index (κ1) is 11.7. The van der Waals surface area contributed by atoms with E-state index in [0.717, 1.165) is 36.2 Å². The van der Waals surface area contributed by atoms with E-state index in [9.17, 15) is 9.90 Å². The van der Waals surface area contributed by atoms with Gasteiger partial charge in [-0.1, -0.05) is 12.8 Å². The van der Waals surface area contributed by atoms with Gasteiger partial charge in [0, 0.05) is 29.3 Å². The van der Waals surface area contributed by atoms with Crippen molar-refractivity contribution < 1.29 is 14.6 Å². The molecule has 0 spiro atoms. The zero-order chi connectivity index (χ0) is 12.5. The monoisotopic (exact) mass is 247 g/mol. The number of pyridine rings is 1. The fourth-order valence-corrected chi connectivity index (χ4v) is 2.98. The van der Waals surface area contributed by atoms with Crippen LogP contribution in [0, 0.1) is 0 Å². The van der Waals surface area contributed by atoms with Gasteiger partial charge >= 0.3 is 5.97 Å². The molecule has 0 amide bonds. The van der Waals surface area contributed by atoms with Crippen molar-refractivity contribution in [3.05, 3.63) is 28.6 Å². The molecular weight excluding hydrogens is 230 g/mol. The van der Waals surface area contributed by atoms with Gasteiger partial charge in [0.2, 0.25) is 0 Å². The molecule has 1 saturated carbocycles. The number of aromatic carboxylic acids is 1. The fraction of sp³-hybridized carbons (Fsp3) is 0.571. The molecule has 1 N–H and O–H groups in total. The Morgan fingerprint density at radius 1 is 1.39 bits per heavy atom. The van der Waals surface area contributed by atoms with Crippen molar-refractivity contribution in [2.45, 2.75) is 44.6 Å². The first-order valence-corrected chi connectivity index (χ1v) is 6.59. The Bertz CT molecular complexity index is 478. The minimum absolute atomic E-state index is 0.384. The molecule has 0 atom stereocenters. The molecular formula is C14H17NO3. The number of carbonyl (C=O) groups is 1. The third-order valence-electron chi connectivity index (χ3n) is 3.96. The summed E-state index contributed by atoms with van der Waals surface area (Å²) in [7, 11) is 0. The zero-order valence-electron chi connectivity index (χ0n) is 10.3. The number of rotatable bonds is 2. The minimum atomic E-state index is -0.863. The summed E-state index contributed by atoms with van der Waals surface area (Å²) >= 11 is 0. The van der Waals surface area contributed by atoms with Gasteiger partial charge in [-0.15, -0.1) is 0 Å². The smallest absolute Gasteiger partial charge is 0.336 e. The van der Waals surface area contributed by atoms with E-state index in [2.05, 4.69) is 0 Å². The molecule has 2 heterocycles. The molecule has 0 aromatic carbocycles. The second-order valence-corrected chi connectivity index (χ2v) is 5.11. The summed E-state index contributed by atoms with van der Waals surface area (Å²) in [5.74, 6) is -0.408. The van der Waals surface area contributed by atoms with Crippen LogP contribution in [0.1, 0.15) is 58.9 Å². The van der Waals surface area contributed by atoms with Crippen LogP contribution in [-0.2, 0) is 17.8 Å². The third kappa shape index (κ3) is 2.01. The summed E-state index contributed by atoms with van der Waals surface area (Å²) in [6.07, 6.45) is 5.47. The van der Waals surface area contributed by atoms with Crippen LogP contribution in [0.5, 0.6) is 0 Å². The number of aromatic nitrogens is 1. The maximum absolute atomic E-state index is 11.4. The van der Waals surface area contributed by atoms with Crippen molar-refractivity contribution in [2.75, 3.05) is 6.61 Å². The minimum Gasteiger partial charge on any atom is -0.478 e. The number of carboxylic acids is 1. The highest BCUT2D eigenvalue weighted by molar-refractivity contribution is 5.89.